The maximum atomic E-state index is 14.1. The molecule has 16 rings (SSSR count). The summed E-state index contributed by atoms with van der Waals surface area (Å²) in [4.78, 5) is 76.3. The number of hydrogen-bond donors (Lipinski definition) is 0. The van der Waals surface area contributed by atoms with Crippen LogP contribution in [-0.4, -0.2) is 43.1 Å². The van der Waals surface area contributed by atoms with Crippen LogP contribution in [-0.2, 0) is 66.5 Å². The second-order valence-electron chi connectivity index (χ2n) is 31.8. The number of ketones is 4. The highest BCUT2D eigenvalue weighted by molar-refractivity contribution is 7.11. The minimum Gasteiger partial charge on any atom is -0.294 e. The van der Waals surface area contributed by atoms with Crippen LogP contribution in [0.2, 0.25) is 5.02 Å². The lowest BCUT2D eigenvalue weighted by atomic mass is 9.59. The Labute approximate surface area is 603 Å². The first kappa shape index (κ1) is 70.6. The van der Waals surface area contributed by atoms with Gasteiger partial charge in [-0.1, -0.05) is 184 Å². The van der Waals surface area contributed by atoms with E-state index in [-0.39, 0.29) is 50.3 Å². The van der Waals surface area contributed by atoms with E-state index in [1.165, 1.54) is 55.4 Å². The molecule has 8 nitrogen and oxygen atoms in total. The quantitative estimate of drug-likeness (QED) is 0.148. The highest BCUT2D eigenvalue weighted by Gasteiger charge is 2.55. The summed E-state index contributed by atoms with van der Waals surface area (Å²) in [7, 11) is 0. The molecule has 4 aromatic carbocycles. The normalized spacial score (nSPS) is 25.0. The summed E-state index contributed by atoms with van der Waals surface area (Å²) < 4.78 is 28.1. The number of thiazole rings is 4. The second-order valence-corrected chi connectivity index (χ2v) is 35.7. The van der Waals surface area contributed by atoms with Crippen molar-refractivity contribution in [1.82, 2.24) is 19.9 Å². The molecule has 8 aromatic rings. The molecule has 0 spiro atoms. The van der Waals surface area contributed by atoms with Crippen molar-refractivity contribution in [3.63, 3.8) is 0 Å². The Balaban J connectivity index is 0.000000119. The van der Waals surface area contributed by atoms with Gasteiger partial charge in [-0.05, 0) is 132 Å². The summed E-state index contributed by atoms with van der Waals surface area (Å²) in [6, 6.07) is 32.1. The van der Waals surface area contributed by atoms with Crippen molar-refractivity contribution in [1.29, 1.82) is 0 Å². The van der Waals surface area contributed by atoms with Gasteiger partial charge < -0.3 is 0 Å². The third-order valence-corrected chi connectivity index (χ3v) is 26.9. The predicted molar refractivity (Wildman–Crippen MR) is 398 cm³/mol. The predicted octanol–water partition coefficient (Wildman–Crippen LogP) is 21.3. The van der Waals surface area contributed by atoms with Crippen molar-refractivity contribution >= 4 is 80.1 Å². The highest BCUT2D eigenvalue weighted by atomic mass is 35.5. The molecular weight excluding hydrogens is 1330 g/mol. The third kappa shape index (κ3) is 12.3. The van der Waals surface area contributed by atoms with E-state index in [1.807, 2.05) is 58.4 Å². The minimum atomic E-state index is -0.556. The maximum absolute atomic E-state index is 14.1. The van der Waals surface area contributed by atoms with E-state index >= 15 is 0 Å². The summed E-state index contributed by atoms with van der Waals surface area (Å²) >= 11 is 12.9. The fourth-order valence-electron chi connectivity index (χ4n) is 19.0. The zero-order valence-corrected chi connectivity index (χ0v) is 63.1. The van der Waals surface area contributed by atoms with Crippen molar-refractivity contribution in [3.05, 3.63) is 251 Å². The van der Waals surface area contributed by atoms with Crippen LogP contribution in [0.15, 0.2) is 170 Å². The summed E-state index contributed by atoms with van der Waals surface area (Å²) in [6.07, 6.45) is 12.5. The Bertz CT molecular complexity index is 4340. The average Bonchev–Trinajstić information content (AvgIpc) is 1.73. The van der Waals surface area contributed by atoms with Crippen LogP contribution in [0, 0.1) is 33.3 Å². The fraction of sp³-hybridized carbons (Fsp3) is 0.429. The number of benzene rings is 4. The van der Waals surface area contributed by atoms with Crippen LogP contribution >= 0.6 is 56.9 Å². The number of carbonyl (C=O) groups excluding carboxylic acids is 4. The number of halogens is 3. The monoisotopic (exact) mass is 1420 g/mol. The van der Waals surface area contributed by atoms with Gasteiger partial charge in [-0.2, -0.15) is 0 Å². The number of fused-ring (bicyclic) bond motifs is 4. The van der Waals surface area contributed by atoms with Crippen molar-refractivity contribution < 1.29 is 28.0 Å². The lowest BCUT2D eigenvalue weighted by Gasteiger charge is -2.44. The molecule has 0 radical (unpaired) electrons. The number of Topliss-reactive ketones (excluding diaryl/α,β-unsaturated/α-hetero) is 4. The Morgan fingerprint density at radius 3 is 0.889 bits per heavy atom. The number of carbonyl (C=O) groups is 4. The largest absolute Gasteiger partial charge is 0.294 e. The lowest BCUT2D eigenvalue weighted by Crippen LogP contribution is -2.42. The van der Waals surface area contributed by atoms with Crippen molar-refractivity contribution in [2.24, 2.45) is 21.7 Å². The lowest BCUT2D eigenvalue weighted by molar-refractivity contribution is -0.119. The van der Waals surface area contributed by atoms with Gasteiger partial charge in [-0.3, -0.25) is 19.2 Å². The first-order chi connectivity index (χ1) is 47.1. The first-order valence-corrected chi connectivity index (χ1v) is 39.1. The Morgan fingerprint density at radius 2 is 0.616 bits per heavy atom. The van der Waals surface area contributed by atoms with Crippen LogP contribution in [0.25, 0.3) is 0 Å². The van der Waals surface area contributed by atoms with Crippen molar-refractivity contribution in [2.45, 2.75) is 207 Å². The topological polar surface area (TPSA) is 120 Å². The molecule has 4 aromatic heterocycles. The number of allylic oxidation sites excluding steroid dienone is 8. The molecule has 8 aliphatic carbocycles. The van der Waals surface area contributed by atoms with Crippen LogP contribution in [0.1, 0.15) is 225 Å². The summed E-state index contributed by atoms with van der Waals surface area (Å²) in [6.45, 7) is 26.0. The Morgan fingerprint density at radius 1 is 0.354 bits per heavy atom. The maximum Gasteiger partial charge on any atom is 0.160 e. The highest BCUT2D eigenvalue weighted by Crippen LogP contribution is 2.60. The van der Waals surface area contributed by atoms with Crippen LogP contribution < -0.4 is 0 Å². The molecule has 4 heterocycles. The smallest absolute Gasteiger partial charge is 0.160 e. The van der Waals surface area contributed by atoms with Crippen molar-refractivity contribution in [3.8, 4) is 0 Å². The summed E-state index contributed by atoms with van der Waals surface area (Å²) in [5.74, 6) is 0.561. The van der Waals surface area contributed by atoms with Crippen LogP contribution in [0.3, 0.4) is 0 Å². The average molecular weight is 1420 g/mol. The minimum absolute atomic E-state index is 0.0230. The van der Waals surface area contributed by atoms with Crippen LogP contribution in [0.5, 0.6) is 0 Å². The van der Waals surface area contributed by atoms with E-state index < -0.39 is 16.2 Å². The van der Waals surface area contributed by atoms with Gasteiger partial charge in [0.25, 0.3) is 0 Å². The number of nitrogens with zero attached hydrogens (tertiary/aromatic N) is 4. The molecule has 15 heteroatoms. The molecule has 0 saturated carbocycles. The zero-order chi connectivity index (χ0) is 70.4. The van der Waals surface area contributed by atoms with Gasteiger partial charge in [-0.15, -0.1) is 45.3 Å². The third-order valence-electron chi connectivity index (χ3n) is 22.5. The van der Waals surface area contributed by atoms with Gasteiger partial charge in [0.15, 0.2) is 23.1 Å². The van der Waals surface area contributed by atoms with E-state index in [0.29, 0.717) is 42.3 Å². The van der Waals surface area contributed by atoms with E-state index in [2.05, 4.69) is 133 Å². The molecule has 8 aliphatic rings. The Hall–Kier alpha value is -6.81. The Kier molecular flexibility index (Phi) is 18.9. The second kappa shape index (κ2) is 26.5. The molecule has 4 atom stereocenters. The van der Waals surface area contributed by atoms with Crippen LogP contribution in [0.4, 0.5) is 8.78 Å². The van der Waals surface area contributed by atoms with Gasteiger partial charge in [0, 0.05) is 98.2 Å². The van der Waals surface area contributed by atoms with Gasteiger partial charge in [-0.25, -0.2) is 28.7 Å². The van der Waals surface area contributed by atoms with Gasteiger partial charge >= 0.3 is 0 Å². The van der Waals surface area contributed by atoms with E-state index in [4.69, 9.17) is 11.6 Å². The number of hydrogen-bond acceptors (Lipinski definition) is 12. The molecule has 0 N–H and O–H groups in total. The van der Waals surface area contributed by atoms with E-state index in [1.54, 1.807) is 69.6 Å². The standard InChI is InChI=1S/C21H22ClNOS.2C21H22FNOS.C21H23NOS/c3*1-4-21(14-6-5-7-15(22)9-14)18-13(8-16-19(21)25-12-23-16)10-20(2,3)11-17(18)24;1-4-21(15-8-6-5-7-9-15)18-14(10-16-19(21)24-13-22-16)11-20(2,3)12-17(18)23/h3*5-7,9,12H,4,8,10-11H2,1-3H3;5-9,13H,4,10-12H2,1-3H3/t4*21-/m0100/s1. The van der Waals surface area contributed by atoms with Gasteiger partial charge in [0.2, 0.25) is 0 Å². The molecule has 0 bridgehead atoms. The molecule has 514 valence electrons. The summed E-state index contributed by atoms with van der Waals surface area (Å²) in [5, 5.41) is 0.715. The molecular formula is C84H89ClF2N4O4S4. The zero-order valence-electron chi connectivity index (χ0n) is 59.1. The van der Waals surface area contributed by atoms with Gasteiger partial charge in [0.05, 0.1) is 66.5 Å². The molecule has 0 unspecified atom stereocenters. The SMILES string of the molecule is CC[C@@]1(c2cccc(F)c2)C2=C(Cc3ncsc31)CC(C)(C)CC2=O.CC[C@]1(c2cccc(Cl)c2)C2=C(Cc3ncsc31)CC(C)(C)CC2=O.CC[C@]1(c2cccc(F)c2)C2=C(Cc3ncsc31)CC(C)(C)CC2=O.CC[C@]1(c2ccccc2)C2=C(Cc3ncsc31)CC(C)(C)CC2=O. The first-order valence-electron chi connectivity index (χ1n) is 35.2. The van der Waals surface area contributed by atoms with Crippen molar-refractivity contribution in [2.75, 3.05) is 0 Å². The molecule has 99 heavy (non-hydrogen) atoms. The van der Waals surface area contributed by atoms with E-state index in [0.717, 1.165) is 143 Å². The fourth-order valence-corrected chi connectivity index (χ4v) is 23.7. The number of aromatic nitrogens is 4. The summed E-state index contributed by atoms with van der Waals surface area (Å²) in [5.41, 5.74) is 23.3. The molecule has 0 amide bonds. The van der Waals surface area contributed by atoms with Gasteiger partial charge in [0.1, 0.15) is 11.6 Å². The molecule has 0 saturated heterocycles. The van der Waals surface area contributed by atoms with E-state index in [9.17, 15) is 28.0 Å². The molecule has 0 fully saturated rings. The number of rotatable bonds is 8. The molecule has 0 aliphatic heterocycles.